The van der Waals surface area contributed by atoms with E-state index >= 15 is 0 Å². The van der Waals surface area contributed by atoms with Gasteiger partial charge in [-0.15, -0.1) is 0 Å². The highest BCUT2D eigenvalue weighted by Crippen LogP contribution is 2.29. The number of hydrogen-bond donors (Lipinski definition) is 5. The van der Waals surface area contributed by atoms with Crippen LogP contribution in [0.25, 0.3) is 11.0 Å². The van der Waals surface area contributed by atoms with Crippen LogP contribution in [0.5, 0.6) is 5.75 Å². The fourth-order valence-corrected chi connectivity index (χ4v) is 3.78. The van der Waals surface area contributed by atoms with E-state index in [-0.39, 0.29) is 11.4 Å². The van der Waals surface area contributed by atoms with Gasteiger partial charge in [0.25, 0.3) is 0 Å². The van der Waals surface area contributed by atoms with E-state index in [1.54, 1.807) is 18.2 Å². The summed E-state index contributed by atoms with van der Waals surface area (Å²) in [7, 11) is 0. The maximum atomic E-state index is 12.6. The number of hydrogen-bond acceptors (Lipinski definition) is 7. The maximum absolute atomic E-state index is 12.6. The lowest BCUT2D eigenvalue weighted by Crippen LogP contribution is -2.60. The number of benzene rings is 2. The van der Waals surface area contributed by atoms with Gasteiger partial charge in [0.05, 0.1) is 18.7 Å². The lowest BCUT2D eigenvalue weighted by molar-refractivity contribution is -0.277. The molecule has 2 heterocycles. The highest BCUT2D eigenvalue weighted by atomic mass is 16.7. The number of aliphatic hydroxyl groups is 4. The summed E-state index contributed by atoms with van der Waals surface area (Å²) in [4.78, 5) is 15.4. The smallest absolute Gasteiger partial charge is 0.326 e. The molecule has 0 aliphatic carbocycles. The number of H-pyrrole nitrogens is 1. The third kappa shape index (κ3) is 4.10. The number of nitrogens with zero attached hydrogens (tertiary/aromatic N) is 1. The Morgan fingerprint density at radius 2 is 1.74 bits per heavy atom. The molecule has 2 aromatic carbocycles. The van der Waals surface area contributed by atoms with Gasteiger partial charge >= 0.3 is 5.69 Å². The number of ether oxygens (including phenoxy) is 2. The second-order valence-corrected chi connectivity index (χ2v) is 7.65. The molecule has 1 saturated heterocycles. The summed E-state index contributed by atoms with van der Waals surface area (Å²) in [6.07, 6.45) is -6.09. The Bertz CT molecular complexity index is 1090. The number of para-hydroxylation sites is 1. The zero-order chi connectivity index (χ0) is 22.1. The number of rotatable bonds is 6. The average Bonchev–Trinajstić information content (AvgIpc) is 3.10. The SMILES string of the molecule is CCc1ccc(Cn2c(=O)[nH]c3cccc(OC4O[C@@H](CO)[C@H](O)[C@@H](O)[C@@H]4O)c32)cc1. The van der Waals surface area contributed by atoms with Crippen LogP contribution in [0.4, 0.5) is 0 Å². The average molecular weight is 430 g/mol. The van der Waals surface area contributed by atoms with Gasteiger partial charge in [0.1, 0.15) is 35.7 Å². The Hall–Kier alpha value is -2.69. The van der Waals surface area contributed by atoms with Crippen molar-refractivity contribution in [2.75, 3.05) is 6.61 Å². The molecule has 4 rings (SSSR count). The fourth-order valence-electron chi connectivity index (χ4n) is 3.78. The summed E-state index contributed by atoms with van der Waals surface area (Å²) in [5, 5.41) is 39.7. The van der Waals surface area contributed by atoms with Crippen LogP contribution in [0.3, 0.4) is 0 Å². The van der Waals surface area contributed by atoms with Crippen LogP contribution in [-0.4, -0.2) is 67.3 Å². The molecule has 0 saturated carbocycles. The van der Waals surface area contributed by atoms with Crippen LogP contribution in [0.15, 0.2) is 47.3 Å². The van der Waals surface area contributed by atoms with Crippen molar-refractivity contribution in [3.8, 4) is 5.75 Å². The summed E-state index contributed by atoms with van der Waals surface area (Å²) in [6.45, 7) is 1.82. The summed E-state index contributed by atoms with van der Waals surface area (Å²) in [5.74, 6) is 0.255. The monoisotopic (exact) mass is 430 g/mol. The van der Waals surface area contributed by atoms with E-state index in [2.05, 4.69) is 11.9 Å². The van der Waals surface area contributed by atoms with Gasteiger partial charge in [-0.25, -0.2) is 4.79 Å². The maximum Gasteiger partial charge on any atom is 0.326 e. The molecule has 31 heavy (non-hydrogen) atoms. The first-order valence-electron chi connectivity index (χ1n) is 10.2. The number of fused-ring (bicyclic) bond motifs is 1. The molecule has 3 aromatic rings. The summed E-state index contributed by atoms with van der Waals surface area (Å²) >= 11 is 0. The molecule has 1 aromatic heterocycles. The Labute approximate surface area is 178 Å². The lowest BCUT2D eigenvalue weighted by atomic mass is 9.99. The molecule has 1 unspecified atom stereocenters. The van der Waals surface area contributed by atoms with E-state index in [1.807, 2.05) is 24.3 Å². The van der Waals surface area contributed by atoms with Crippen LogP contribution in [0, 0.1) is 0 Å². The van der Waals surface area contributed by atoms with Gasteiger partial charge in [-0.1, -0.05) is 37.3 Å². The first-order chi connectivity index (χ1) is 14.9. The zero-order valence-corrected chi connectivity index (χ0v) is 17.0. The third-order valence-electron chi connectivity index (χ3n) is 5.62. The van der Waals surface area contributed by atoms with Crippen molar-refractivity contribution in [3.63, 3.8) is 0 Å². The van der Waals surface area contributed by atoms with E-state index in [0.29, 0.717) is 17.6 Å². The van der Waals surface area contributed by atoms with Crippen LogP contribution in [-0.2, 0) is 17.7 Å². The van der Waals surface area contributed by atoms with Crippen LogP contribution in [0.1, 0.15) is 18.1 Å². The molecule has 5 N–H and O–H groups in total. The second-order valence-electron chi connectivity index (χ2n) is 7.65. The molecule has 5 atom stereocenters. The van der Waals surface area contributed by atoms with Gasteiger partial charge in [0.2, 0.25) is 6.29 Å². The standard InChI is InChI=1S/C22H26N2O7/c1-2-12-6-8-13(9-7-12)10-24-17-14(23-22(24)29)4-3-5-15(17)30-21-20(28)19(27)18(26)16(11-25)31-21/h3-9,16,18-21,25-28H,2,10-11H2,1H3,(H,23,29)/t16-,18-,19+,20-,21?/m0/s1. The van der Waals surface area contributed by atoms with Crippen molar-refractivity contribution < 1.29 is 29.9 Å². The lowest BCUT2D eigenvalue weighted by Gasteiger charge is -2.39. The van der Waals surface area contributed by atoms with Crippen LogP contribution < -0.4 is 10.4 Å². The number of aromatic nitrogens is 2. The topological polar surface area (TPSA) is 137 Å². The number of aryl methyl sites for hydroxylation is 1. The van der Waals surface area contributed by atoms with Gasteiger partial charge in [0.15, 0.2) is 0 Å². The fraction of sp³-hybridized carbons (Fsp3) is 0.409. The molecule has 0 spiro atoms. The highest BCUT2D eigenvalue weighted by Gasteiger charge is 2.44. The Balaban J connectivity index is 1.68. The minimum atomic E-state index is -1.55. The number of aliphatic hydroxyl groups excluding tert-OH is 4. The van der Waals surface area contributed by atoms with Crippen molar-refractivity contribution in [1.82, 2.24) is 9.55 Å². The van der Waals surface area contributed by atoms with Crippen LogP contribution >= 0.6 is 0 Å². The molecule has 1 aliphatic heterocycles. The zero-order valence-electron chi connectivity index (χ0n) is 17.0. The van der Waals surface area contributed by atoms with E-state index in [1.165, 1.54) is 10.1 Å². The Morgan fingerprint density at radius 1 is 1.03 bits per heavy atom. The van der Waals surface area contributed by atoms with E-state index < -0.39 is 37.3 Å². The molecular formula is C22H26N2O7. The van der Waals surface area contributed by atoms with Crippen molar-refractivity contribution in [1.29, 1.82) is 0 Å². The summed E-state index contributed by atoms with van der Waals surface area (Å²) in [6, 6.07) is 13.0. The van der Waals surface area contributed by atoms with Crippen molar-refractivity contribution >= 4 is 11.0 Å². The minimum Gasteiger partial charge on any atom is -0.460 e. The molecule has 0 amide bonds. The summed E-state index contributed by atoms with van der Waals surface area (Å²) < 4.78 is 12.8. The van der Waals surface area contributed by atoms with Gasteiger partial charge < -0.3 is 34.9 Å². The Morgan fingerprint density at radius 3 is 2.42 bits per heavy atom. The van der Waals surface area contributed by atoms with Crippen LogP contribution in [0.2, 0.25) is 0 Å². The molecule has 1 aliphatic rings. The largest absolute Gasteiger partial charge is 0.460 e. The molecule has 166 valence electrons. The van der Waals surface area contributed by atoms with E-state index in [4.69, 9.17) is 9.47 Å². The van der Waals surface area contributed by atoms with Gasteiger partial charge in [-0.2, -0.15) is 0 Å². The predicted octanol–water partition coefficient (Wildman–Crippen LogP) is 0.119. The number of nitrogens with one attached hydrogen (secondary N) is 1. The van der Waals surface area contributed by atoms with E-state index in [9.17, 15) is 25.2 Å². The Kier molecular flexibility index (Phi) is 6.12. The minimum absolute atomic E-state index is 0.255. The third-order valence-corrected chi connectivity index (χ3v) is 5.62. The predicted molar refractivity (Wildman–Crippen MR) is 112 cm³/mol. The van der Waals surface area contributed by atoms with E-state index in [0.717, 1.165) is 12.0 Å². The van der Waals surface area contributed by atoms with Gasteiger partial charge in [0, 0.05) is 0 Å². The highest BCUT2D eigenvalue weighted by molar-refractivity contribution is 5.82. The molecule has 0 bridgehead atoms. The quantitative estimate of drug-likeness (QED) is 0.375. The first kappa shape index (κ1) is 21.5. The van der Waals surface area contributed by atoms with Gasteiger partial charge in [-0.3, -0.25) is 4.57 Å². The first-order valence-corrected chi connectivity index (χ1v) is 10.2. The van der Waals surface area contributed by atoms with Crippen molar-refractivity contribution in [2.45, 2.75) is 50.6 Å². The summed E-state index contributed by atoms with van der Waals surface area (Å²) in [5.41, 5.74) is 2.82. The normalized spacial score (nSPS) is 26.3. The molecular weight excluding hydrogens is 404 g/mol. The molecule has 9 heteroatoms. The second kappa shape index (κ2) is 8.81. The molecule has 9 nitrogen and oxygen atoms in total. The van der Waals surface area contributed by atoms with Crippen molar-refractivity contribution in [2.24, 2.45) is 0 Å². The number of aromatic amines is 1. The molecule has 0 radical (unpaired) electrons. The van der Waals surface area contributed by atoms with Gasteiger partial charge in [-0.05, 0) is 29.7 Å². The number of imidazole rings is 1. The van der Waals surface area contributed by atoms with Crippen molar-refractivity contribution in [3.05, 3.63) is 64.1 Å². The molecule has 1 fully saturated rings.